The Hall–Kier alpha value is -1.43. The minimum Gasteiger partial charge on any atom is -0.450 e. The first kappa shape index (κ1) is 23.8. The van der Waals surface area contributed by atoms with Crippen molar-refractivity contribution < 1.29 is 27.5 Å². The highest BCUT2D eigenvalue weighted by Crippen LogP contribution is 2.22. The Balaban J connectivity index is 1.84. The first-order chi connectivity index (χ1) is 13.9. The molecule has 0 saturated carbocycles. The number of piperidine rings is 1. The summed E-state index contributed by atoms with van der Waals surface area (Å²) < 4.78 is 39.0. The standard InChI is InChI=1S/C18H34N4O6S/c1-3-27-14-6-8-19-17(23)16-7-5-9-22(15-16)29(25,26)21-12-10-20(11-13-21)18(24)28-4-2/h16H,3-15H2,1-2H3,(H,19,23). The van der Waals surface area contributed by atoms with Crippen molar-refractivity contribution in [3.63, 3.8) is 0 Å². The first-order valence-electron chi connectivity index (χ1n) is 10.4. The molecule has 1 unspecified atom stereocenters. The highest BCUT2D eigenvalue weighted by molar-refractivity contribution is 7.86. The lowest BCUT2D eigenvalue weighted by molar-refractivity contribution is -0.126. The van der Waals surface area contributed by atoms with Gasteiger partial charge in [-0.05, 0) is 33.1 Å². The molecule has 10 nitrogen and oxygen atoms in total. The van der Waals surface area contributed by atoms with E-state index in [9.17, 15) is 18.0 Å². The number of piperazine rings is 1. The molecule has 11 heteroatoms. The van der Waals surface area contributed by atoms with Gasteiger partial charge in [0.2, 0.25) is 5.91 Å². The summed E-state index contributed by atoms with van der Waals surface area (Å²) in [6, 6.07) is 0. The number of carbonyl (C=O) groups is 2. The second kappa shape index (κ2) is 11.7. The maximum Gasteiger partial charge on any atom is 0.409 e. The van der Waals surface area contributed by atoms with Gasteiger partial charge < -0.3 is 19.7 Å². The number of carbonyl (C=O) groups excluding carboxylic acids is 2. The van der Waals surface area contributed by atoms with Crippen LogP contribution >= 0.6 is 0 Å². The summed E-state index contributed by atoms with van der Waals surface area (Å²) in [5, 5.41) is 2.88. The molecule has 2 rings (SSSR count). The molecule has 168 valence electrons. The monoisotopic (exact) mass is 434 g/mol. The quantitative estimate of drug-likeness (QED) is 0.522. The number of nitrogens with zero attached hydrogens (tertiary/aromatic N) is 3. The molecule has 2 aliphatic rings. The summed E-state index contributed by atoms with van der Waals surface area (Å²) in [7, 11) is -3.66. The number of rotatable bonds is 9. The van der Waals surface area contributed by atoms with Crippen molar-refractivity contribution in [2.75, 3.05) is 65.6 Å². The number of ether oxygens (including phenoxy) is 2. The first-order valence-corrected chi connectivity index (χ1v) is 11.8. The van der Waals surface area contributed by atoms with Crippen molar-refractivity contribution in [1.29, 1.82) is 0 Å². The van der Waals surface area contributed by atoms with Gasteiger partial charge in [-0.25, -0.2) is 4.79 Å². The summed E-state index contributed by atoms with van der Waals surface area (Å²) in [5.41, 5.74) is 0. The van der Waals surface area contributed by atoms with Crippen LogP contribution in [0.1, 0.15) is 33.1 Å². The Morgan fingerprint density at radius 3 is 2.41 bits per heavy atom. The normalized spacial score (nSPS) is 21.7. The van der Waals surface area contributed by atoms with E-state index in [0.29, 0.717) is 58.8 Å². The molecule has 2 fully saturated rings. The summed E-state index contributed by atoms with van der Waals surface area (Å²) >= 11 is 0. The van der Waals surface area contributed by atoms with E-state index in [-0.39, 0.29) is 31.5 Å². The summed E-state index contributed by atoms with van der Waals surface area (Å²) in [6.45, 7) is 7.39. The molecule has 2 heterocycles. The Morgan fingerprint density at radius 2 is 1.76 bits per heavy atom. The van der Waals surface area contributed by atoms with Gasteiger partial charge in [0.1, 0.15) is 0 Å². The van der Waals surface area contributed by atoms with Crippen LogP contribution in [0.4, 0.5) is 4.79 Å². The Bertz CT molecular complexity index is 636. The average Bonchev–Trinajstić information content (AvgIpc) is 2.74. The largest absolute Gasteiger partial charge is 0.450 e. The third kappa shape index (κ3) is 6.80. The molecule has 2 amide bonds. The number of hydrogen-bond acceptors (Lipinski definition) is 6. The zero-order valence-corrected chi connectivity index (χ0v) is 18.3. The highest BCUT2D eigenvalue weighted by atomic mass is 32.2. The van der Waals surface area contributed by atoms with Gasteiger partial charge in [-0.3, -0.25) is 4.79 Å². The third-order valence-electron chi connectivity index (χ3n) is 5.14. The van der Waals surface area contributed by atoms with E-state index in [1.165, 1.54) is 13.5 Å². The van der Waals surface area contributed by atoms with Gasteiger partial charge in [-0.2, -0.15) is 17.0 Å². The van der Waals surface area contributed by atoms with E-state index >= 15 is 0 Å². The van der Waals surface area contributed by atoms with E-state index in [0.717, 1.165) is 6.42 Å². The molecule has 0 aromatic rings. The van der Waals surface area contributed by atoms with Gasteiger partial charge in [0, 0.05) is 59.0 Å². The van der Waals surface area contributed by atoms with Crippen LogP contribution in [0.3, 0.4) is 0 Å². The lowest BCUT2D eigenvalue weighted by Crippen LogP contribution is -2.56. The topological polar surface area (TPSA) is 108 Å². The summed E-state index contributed by atoms with van der Waals surface area (Å²) in [5.74, 6) is -0.444. The molecule has 1 N–H and O–H groups in total. The van der Waals surface area contributed by atoms with Crippen LogP contribution in [0.15, 0.2) is 0 Å². The smallest absolute Gasteiger partial charge is 0.409 e. The van der Waals surface area contributed by atoms with Crippen molar-refractivity contribution in [3.05, 3.63) is 0 Å². The van der Waals surface area contributed by atoms with Crippen LogP contribution in [-0.4, -0.2) is 99.6 Å². The molecule has 0 aliphatic carbocycles. The molecule has 2 aliphatic heterocycles. The molecule has 1 atom stereocenters. The third-order valence-corrected chi connectivity index (χ3v) is 7.14. The molecule has 0 aromatic heterocycles. The fourth-order valence-electron chi connectivity index (χ4n) is 3.52. The van der Waals surface area contributed by atoms with E-state index in [4.69, 9.17) is 9.47 Å². The number of amides is 2. The van der Waals surface area contributed by atoms with Crippen molar-refractivity contribution in [2.24, 2.45) is 5.92 Å². The van der Waals surface area contributed by atoms with Crippen molar-refractivity contribution in [2.45, 2.75) is 33.1 Å². The van der Waals surface area contributed by atoms with Gasteiger partial charge in [-0.1, -0.05) is 0 Å². The number of nitrogens with one attached hydrogen (secondary N) is 1. The molecular formula is C18H34N4O6S. The Morgan fingerprint density at radius 1 is 1.03 bits per heavy atom. The zero-order chi connectivity index (χ0) is 21.3. The lowest BCUT2D eigenvalue weighted by atomic mass is 9.99. The van der Waals surface area contributed by atoms with Crippen LogP contribution < -0.4 is 5.32 Å². The summed E-state index contributed by atoms with van der Waals surface area (Å²) in [4.78, 5) is 25.7. The second-order valence-electron chi connectivity index (χ2n) is 7.13. The van der Waals surface area contributed by atoms with Gasteiger partial charge in [0.15, 0.2) is 0 Å². The average molecular weight is 435 g/mol. The molecule has 0 aromatic carbocycles. The molecular weight excluding hydrogens is 400 g/mol. The van der Waals surface area contributed by atoms with Crippen LogP contribution in [0.5, 0.6) is 0 Å². The van der Waals surface area contributed by atoms with E-state index in [2.05, 4.69) is 5.32 Å². The molecule has 0 radical (unpaired) electrons. The highest BCUT2D eigenvalue weighted by Gasteiger charge is 2.37. The maximum absolute atomic E-state index is 13.0. The molecule has 2 saturated heterocycles. The van der Waals surface area contributed by atoms with Crippen molar-refractivity contribution in [1.82, 2.24) is 18.8 Å². The lowest BCUT2D eigenvalue weighted by Gasteiger charge is -2.38. The zero-order valence-electron chi connectivity index (χ0n) is 17.5. The minimum atomic E-state index is -3.66. The van der Waals surface area contributed by atoms with Crippen LogP contribution in [-0.2, 0) is 24.5 Å². The SMILES string of the molecule is CCOCCCNC(=O)C1CCCN(S(=O)(=O)N2CCN(C(=O)OCC)CC2)C1. The van der Waals surface area contributed by atoms with E-state index < -0.39 is 16.3 Å². The second-order valence-corrected chi connectivity index (χ2v) is 9.06. The van der Waals surface area contributed by atoms with Crippen LogP contribution in [0.2, 0.25) is 0 Å². The molecule has 0 spiro atoms. The fraction of sp³-hybridized carbons (Fsp3) is 0.889. The molecule has 29 heavy (non-hydrogen) atoms. The van der Waals surface area contributed by atoms with Gasteiger partial charge in [-0.15, -0.1) is 0 Å². The van der Waals surface area contributed by atoms with Crippen LogP contribution in [0, 0.1) is 5.92 Å². The Labute approximate surface area is 173 Å². The van der Waals surface area contributed by atoms with Gasteiger partial charge in [0.25, 0.3) is 10.2 Å². The predicted molar refractivity (Wildman–Crippen MR) is 108 cm³/mol. The minimum absolute atomic E-state index is 0.103. The maximum atomic E-state index is 13.0. The molecule has 0 bridgehead atoms. The van der Waals surface area contributed by atoms with Crippen molar-refractivity contribution in [3.8, 4) is 0 Å². The van der Waals surface area contributed by atoms with E-state index in [1.807, 2.05) is 6.92 Å². The fourth-order valence-corrected chi connectivity index (χ4v) is 5.20. The number of hydrogen-bond donors (Lipinski definition) is 1. The summed E-state index contributed by atoms with van der Waals surface area (Å²) in [6.07, 6.45) is 1.65. The predicted octanol–water partition coefficient (Wildman–Crippen LogP) is 0.260. The van der Waals surface area contributed by atoms with Gasteiger partial charge in [0.05, 0.1) is 12.5 Å². The van der Waals surface area contributed by atoms with E-state index in [1.54, 1.807) is 6.92 Å². The van der Waals surface area contributed by atoms with Crippen LogP contribution in [0.25, 0.3) is 0 Å². The van der Waals surface area contributed by atoms with Gasteiger partial charge >= 0.3 is 6.09 Å². The Kier molecular flexibility index (Phi) is 9.60. The van der Waals surface area contributed by atoms with Crippen molar-refractivity contribution >= 4 is 22.2 Å².